The van der Waals surface area contributed by atoms with Crippen molar-refractivity contribution in [3.63, 3.8) is 0 Å². The zero-order valence-electron chi connectivity index (χ0n) is 10.4. The highest BCUT2D eigenvalue weighted by Crippen LogP contribution is 2.35. The van der Waals surface area contributed by atoms with Gasteiger partial charge in [-0.15, -0.1) is 0 Å². The molecular weight excluding hydrogens is 208 g/mol. The molecule has 1 aliphatic rings. The number of carbonyl (C=O) groups is 1. The van der Waals surface area contributed by atoms with E-state index >= 15 is 0 Å². The number of carbonyl (C=O) groups excluding carboxylic acids is 1. The predicted octanol–water partition coefficient (Wildman–Crippen LogP) is 4.19. The van der Waals surface area contributed by atoms with Crippen molar-refractivity contribution < 1.29 is 4.79 Å². The lowest BCUT2D eigenvalue weighted by molar-refractivity contribution is -0.104. The third-order valence-corrected chi connectivity index (χ3v) is 3.79. The van der Waals surface area contributed by atoms with Gasteiger partial charge in [-0.25, -0.2) is 0 Å². The molecule has 0 unspecified atom stereocenters. The van der Waals surface area contributed by atoms with Crippen LogP contribution < -0.4 is 0 Å². The number of benzene rings is 1. The summed E-state index contributed by atoms with van der Waals surface area (Å²) in [4.78, 5) is 10.2. The Balaban J connectivity index is 2.02. The Morgan fingerprint density at radius 2 is 1.71 bits per heavy atom. The summed E-state index contributed by atoms with van der Waals surface area (Å²) < 4.78 is 0. The maximum atomic E-state index is 10.2. The van der Waals surface area contributed by atoms with Crippen molar-refractivity contribution in [2.24, 2.45) is 5.92 Å². The van der Waals surface area contributed by atoms with E-state index in [-0.39, 0.29) is 0 Å². The van der Waals surface area contributed by atoms with E-state index < -0.39 is 0 Å². The molecule has 0 heterocycles. The summed E-state index contributed by atoms with van der Waals surface area (Å²) in [7, 11) is 0. The quantitative estimate of drug-likeness (QED) is 0.560. The van der Waals surface area contributed by atoms with Crippen molar-refractivity contribution in [3.8, 4) is 0 Å². The summed E-state index contributed by atoms with van der Waals surface area (Å²) in [5, 5.41) is 0. The molecule has 17 heavy (non-hydrogen) atoms. The molecule has 0 aromatic heterocycles. The molecule has 0 N–H and O–H groups in total. The minimum Gasteiger partial charge on any atom is -0.299 e. The Morgan fingerprint density at radius 3 is 2.29 bits per heavy atom. The van der Waals surface area contributed by atoms with Crippen molar-refractivity contribution in [1.82, 2.24) is 0 Å². The monoisotopic (exact) mass is 228 g/mol. The van der Waals surface area contributed by atoms with Gasteiger partial charge in [0.25, 0.3) is 0 Å². The van der Waals surface area contributed by atoms with Gasteiger partial charge in [0.15, 0.2) is 0 Å². The van der Waals surface area contributed by atoms with Gasteiger partial charge in [0.1, 0.15) is 6.29 Å². The highest BCUT2D eigenvalue weighted by atomic mass is 16.1. The van der Waals surface area contributed by atoms with Crippen LogP contribution >= 0.6 is 0 Å². The lowest BCUT2D eigenvalue weighted by atomic mass is 9.79. The molecule has 90 valence electrons. The summed E-state index contributed by atoms with van der Waals surface area (Å²) in [6, 6.07) is 8.64. The van der Waals surface area contributed by atoms with Crippen molar-refractivity contribution in [2.45, 2.75) is 38.5 Å². The van der Waals surface area contributed by atoms with Crippen LogP contribution in [0.5, 0.6) is 0 Å². The van der Waals surface area contributed by atoms with Crippen LogP contribution in [0.25, 0.3) is 6.08 Å². The lowest BCUT2D eigenvalue weighted by Gasteiger charge is -2.26. The number of hydrogen-bond donors (Lipinski definition) is 0. The number of rotatable bonds is 3. The molecule has 0 atom stereocenters. The van der Waals surface area contributed by atoms with Gasteiger partial charge in [0.05, 0.1) is 0 Å². The fourth-order valence-corrected chi connectivity index (χ4v) is 2.62. The number of hydrogen-bond acceptors (Lipinski definition) is 1. The van der Waals surface area contributed by atoms with E-state index in [2.05, 4.69) is 31.2 Å². The van der Waals surface area contributed by atoms with E-state index in [4.69, 9.17) is 0 Å². The third kappa shape index (κ3) is 3.29. The van der Waals surface area contributed by atoms with E-state index in [0.29, 0.717) is 0 Å². The van der Waals surface area contributed by atoms with Crippen LogP contribution in [-0.2, 0) is 4.79 Å². The van der Waals surface area contributed by atoms with Crippen molar-refractivity contribution in [2.75, 3.05) is 0 Å². The first kappa shape index (κ1) is 12.1. The summed E-state index contributed by atoms with van der Waals surface area (Å²) in [5.41, 5.74) is 2.56. The molecule has 0 saturated heterocycles. The fraction of sp³-hybridized carbons (Fsp3) is 0.438. The number of aldehydes is 1. The van der Waals surface area contributed by atoms with Gasteiger partial charge >= 0.3 is 0 Å². The molecule has 0 radical (unpaired) electrons. The normalized spacial score (nSPS) is 25.0. The summed E-state index contributed by atoms with van der Waals surface area (Å²) >= 11 is 0. The first-order valence-corrected chi connectivity index (χ1v) is 6.51. The molecule has 0 amide bonds. The van der Waals surface area contributed by atoms with Gasteiger partial charge in [0, 0.05) is 0 Å². The molecule has 1 aromatic rings. The average molecular weight is 228 g/mol. The van der Waals surface area contributed by atoms with E-state index in [1.807, 2.05) is 6.08 Å². The van der Waals surface area contributed by atoms with Gasteiger partial charge in [-0.2, -0.15) is 0 Å². The average Bonchev–Trinajstić information content (AvgIpc) is 2.38. The van der Waals surface area contributed by atoms with E-state index in [9.17, 15) is 4.79 Å². The molecule has 1 saturated carbocycles. The van der Waals surface area contributed by atoms with Crippen LogP contribution in [-0.4, -0.2) is 6.29 Å². The van der Waals surface area contributed by atoms with Crippen LogP contribution in [0.2, 0.25) is 0 Å². The first-order chi connectivity index (χ1) is 8.29. The van der Waals surface area contributed by atoms with Gasteiger partial charge in [-0.3, -0.25) is 4.79 Å². The van der Waals surface area contributed by atoms with Gasteiger partial charge in [0.2, 0.25) is 0 Å². The number of allylic oxidation sites excluding steroid dienone is 1. The zero-order chi connectivity index (χ0) is 12.1. The smallest absolute Gasteiger partial charge is 0.142 e. The van der Waals surface area contributed by atoms with E-state index in [1.165, 1.54) is 37.3 Å². The van der Waals surface area contributed by atoms with Gasteiger partial charge < -0.3 is 0 Å². The van der Waals surface area contributed by atoms with Gasteiger partial charge in [-0.05, 0) is 41.9 Å². The zero-order valence-corrected chi connectivity index (χ0v) is 10.4. The van der Waals surface area contributed by atoms with Crippen LogP contribution in [0.1, 0.15) is 49.7 Å². The second kappa shape index (κ2) is 5.81. The molecule has 1 nitrogen and oxygen atoms in total. The van der Waals surface area contributed by atoms with Crippen molar-refractivity contribution >= 4 is 12.4 Å². The Hall–Kier alpha value is -1.37. The first-order valence-electron chi connectivity index (χ1n) is 6.51. The molecule has 0 spiro atoms. The van der Waals surface area contributed by atoms with Gasteiger partial charge in [-0.1, -0.05) is 50.1 Å². The van der Waals surface area contributed by atoms with E-state index in [0.717, 1.165) is 23.7 Å². The SMILES string of the molecule is CC1CCC(c2ccc(/C=C/C=O)cc2)CC1. The summed E-state index contributed by atoms with van der Waals surface area (Å²) in [5.74, 6) is 1.65. The van der Waals surface area contributed by atoms with Crippen LogP contribution in [0.15, 0.2) is 30.3 Å². The molecule has 0 bridgehead atoms. The standard InChI is InChI=1S/C16H20O/c1-13-4-8-15(9-5-13)16-10-6-14(7-11-16)3-2-12-17/h2-3,6-7,10-13,15H,4-5,8-9H2,1H3/b3-2+. The Morgan fingerprint density at radius 1 is 1.06 bits per heavy atom. The molecule has 1 fully saturated rings. The lowest BCUT2D eigenvalue weighted by Crippen LogP contribution is -2.10. The van der Waals surface area contributed by atoms with Crippen LogP contribution in [0.3, 0.4) is 0 Å². The minimum atomic E-state index is 0.746. The van der Waals surface area contributed by atoms with Crippen LogP contribution in [0.4, 0.5) is 0 Å². The molecular formula is C16H20O. The van der Waals surface area contributed by atoms with Crippen LogP contribution in [0, 0.1) is 5.92 Å². The molecule has 1 aliphatic carbocycles. The second-order valence-electron chi connectivity index (χ2n) is 5.12. The highest BCUT2D eigenvalue weighted by molar-refractivity contribution is 5.73. The van der Waals surface area contributed by atoms with E-state index in [1.54, 1.807) is 0 Å². The largest absolute Gasteiger partial charge is 0.299 e. The third-order valence-electron chi connectivity index (χ3n) is 3.79. The van der Waals surface area contributed by atoms with Crippen molar-refractivity contribution in [3.05, 3.63) is 41.5 Å². The second-order valence-corrected chi connectivity index (χ2v) is 5.12. The Kier molecular flexibility index (Phi) is 4.13. The molecule has 1 heteroatoms. The maximum absolute atomic E-state index is 10.2. The summed E-state index contributed by atoms with van der Waals surface area (Å²) in [6.07, 6.45) is 9.57. The minimum absolute atomic E-state index is 0.746. The van der Waals surface area contributed by atoms with Crippen molar-refractivity contribution in [1.29, 1.82) is 0 Å². The highest BCUT2D eigenvalue weighted by Gasteiger charge is 2.19. The Labute approximate surface area is 104 Å². The fourth-order valence-electron chi connectivity index (χ4n) is 2.62. The molecule has 1 aromatic carbocycles. The maximum Gasteiger partial charge on any atom is 0.142 e. The topological polar surface area (TPSA) is 17.1 Å². The Bertz CT molecular complexity index is 380. The molecule has 2 rings (SSSR count). The summed E-state index contributed by atoms with van der Waals surface area (Å²) in [6.45, 7) is 2.35. The predicted molar refractivity (Wildman–Crippen MR) is 71.9 cm³/mol. The molecule has 0 aliphatic heterocycles.